The first-order valence-electron chi connectivity index (χ1n) is 10.3. The summed E-state index contributed by atoms with van der Waals surface area (Å²) in [5, 5.41) is 6.75. The molecule has 0 aromatic heterocycles. The van der Waals surface area contributed by atoms with Crippen molar-refractivity contribution < 1.29 is 14.3 Å². The minimum atomic E-state index is -0.149. The Kier molecular flexibility index (Phi) is 11.5. The van der Waals surface area contributed by atoms with E-state index in [-0.39, 0.29) is 47.9 Å². The molecule has 0 aliphatic carbocycles. The lowest BCUT2D eigenvalue weighted by molar-refractivity contribution is -0.127. The van der Waals surface area contributed by atoms with E-state index in [9.17, 15) is 4.79 Å². The number of hydrogen-bond acceptors (Lipinski definition) is 4. The molecule has 170 valence electrons. The molecule has 0 spiro atoms. The summed E-state index contributed by atoms with van der Waals surface area (Å²) < 4.78 is 11.2. The van der Waals surface area contributed by atoms with Gasteiger partial charge >= 0.3 is 0 Å². The molecule has 30 heavy (non-hydrogen) atoms. The number of guanidine groups is 1. The van der Waals surface area contributed by atoms with Crippen LogP contribution in [-0.2, 0) is 14.9 Å². The lowest BCUT2D eigenvalue weighted by Gasteiger charge is -2.28. The zero-order valence-electron chi connectivity index (χ0n) is 18.9. The van der Waals surface area contributed by atoms with Gasteiger partial charge in [-0.25, -0.2) is 4.99 Å². The SMILES string of the molecule is COc1cccc(C(C)(C)CNC(=NCC(=O)N(C)C)NCC2CCCCO2)c1.I. The van der Waals surface area contributed by atoms with Crippen molar-refractivity contribution in [2.75, 3.05) is 47.4 Å². The predicted molar refractivity (Wildman–Crippen MR) is 132 cm³/mol. The summed E-state index contributed by atoms with van der Waals surface area (Å²) in [5.41, 5.74) is 1.02. The molecule has 1 saturated heterocycles. The molecule has 0 saturated carbocycles. The number of carbonyl (C=O) groups excluding carboxylic acids is 1. The van der Waals surface area contributed by atoms with Gasteiger partial charge in [0.05, 0.1) is 13.2 Å². The number of nitrogens with zero attached hydrogens (tertiary/aromatic N) is 2. The number of likely N-dealkylation sites (N-methyl/N-ethyl adjacent to an activating group) is 1. The van der Waals surface area contributed by atoms with Crippen LogP contribution in [0, 0.1) is 0 Å². The topological polar surface area (TPSA) is 75.2 Å². The number of rotatable bonds is 8. The minimum Gasteiger partial charge on any atom is -0.497 e. The van der Waals surface area contributed by atoms with Gasteiger partial charge in [-0.05, 0) is 37.0 Å². The Morgan fingerprint density at radius 3 is 2.70 bits per heavy atom. The molecule has 7 nitrogen and oxygen atoms in total. The van der Waals surface area contributed by atoms with Gasteiger partial charge < -0.3 is 25.0 Å². The van der Waals surface area contributed by atoms with E-state index in [4.69, 9.17) is 9.47 Å². The third-order valence-corrected chi connectivity index (χ3v) is 5.19. The fraction of sp³-hybridized carbons (Fsp3) is 0.636. The van der Waals surface area contributed by atoms with Crippen LogP contribution in [0.4, 0.5) is 0 Å². The monoisotopic (exact) mass is 532 g/mol. The Morgan fingerprint density at radius 1 is 1.30 bits per heavy atom. The summed E-state index contributed by atoms with van der Waals surface area (Å²) in [6.45, 7) is 6.60. The quantitative estimate of drug-likeness (QED) is 0.306. The first kappa shape index (κ1) is 26.5. The van der Waals surface area contributed by atoms with Gasteiger partial charge in [-0.1, -0.05) is 26.0 Å². The molecule has 8 heteroatoms. The fourth-order valence-corrected chi connectivity index (χ4v) is 3.09. The summed E-state index contributed by atoms with van der Waals surface area (Å²) in [6.07, 6.45) is 3.55. The second-order valence-corrected chi connectivity index (χ2v) is 8.29. The molecule has 0 bridgehead atoms. The molecule has 1 aromatic rings. The molecule has 1 aromatic carbocycles. The molecule has 1 amide bonds. The largest absolute Gasteiger partial charge is 0.497 e. The number of halogens is 1. The molecule has 0 radical (unpaired) electrons. The van der Waals surface area contributed by atoms with Gasteiger partial charge in [-0.3, -0.25) is 4.79 Å². The van der Waals surface area contributed by atoms with Crippen molar-refractivity contribution in [3.63, 3.8) is 0 Å². The predicted octanol–water partition coefficient (Wildman–Crippen LogP) is 2.78. The number of amides is 1. The zero-order valence-corrected chi connectivity index (χ0v) is 21.2. The molecular weight excluding hydrogens is 495 g/mol. The number of ether oxygens (including phenoxy) is 2. The summed E-state index contributed by atoms with van der Waals surface area (Å²) in [7, 11) is 5.15. The second kappa shape index (κ2) is 13.0. The molecule has 1 atom stereocenters. The van der Waals surface area contributed by atoms with Gasteiger partial charge in [-0.2, -0.15) is 0 Å². The van der Waals surface area contributed by atoms with E-state index in [0.29, 0.717) is 19.0 Å². The third kappa shape index (κ3) is 8.67. The Labute approximate surface area is 198 Å². The number of methoxy groups -OCH3 is 1. The number of aliphatic imine (C=N–C) groups is 1. The van der Waals surface area contributed by atoms with E-state index in [1.165, 1.54) is 12.0 Å². The van der Waals surface area contributed by atoms with Gasteiger partial charge in [0.25, 0.3) is 0 Å². The highest BCUT2D eigenvalue weighted by Gasteiger charge is 2.22. The number of hydrogen-bond donors (Lipinski definition) is 2. The maximum Gasteiger partial charge on any atom is 0.243 e. The van der Waals surface area contributed by atoms with Crippen LogP contribution in [0.1, 0.15) is 38.7 Å². The molecule has 1 aliphatic heterocycles. The maximum atomic E-state index is 12.0. The lowest BCUT2D eigenvalue weighted by atomic mass is 9.84. The molecule has 2 N–H and O–H groups in total. The first-order chi connectivity index (χ1) is 13.8. The van der Waals surface area contributed by atoms with Crippen LogP contribution in [0.5, 0.6) is 5.75 Å². The van der Waals surface area contributed by atoms with E-state index >= 15 is 0 Å². The molecular formula is C22H37IN4O3. The fourth-order valence-electron chi connectivity index (χ4n) is 3.09. The van der Waals surface area contributed by atoms with Crippen molar-refractivity contribution in [1.29, 1.82) is 0 Å². The van der Waals surface area contributed by atoms with E-state index < -0.39 is 0 Å². The third-order valence-electron chi connectivity index (χ3n) is 5.19. The van der Waals surface area contributed by atoms with Crippen molar-refractivity contribution in [3.8, 4) is 5.75 Å². The number of nitrogens with one attached hydrogen (secondary N) is 2. The Bertz CT molecular complexity index is 689. The van der Waals surface area contributed by atoms with Gasteiger partial charge in [0.15, 0.2) is 5.96 Å². The highest BCUT2D eigenvalue weighted by molar-refractivity contribution is 14.0. The molecule has 1 aliphatic rings. The zero-order chi connectivity index (χ0) is 21.3. The van der Waals surface area contributed by atoms with E-state index in [1.807, 2.05) is 12.1 Å². The van der Waals surface area contributed by atoms with Crippen LogP contribution < -0.4 is 15.4 Å². The van der Waals surface area contributed by atoms with Gasteiger partial charge in [0.1, 0.15) is 12.3 Å². The average molecular weight is 532 g/mol. The minimum absolute atomic E-state index is 0. The van der Waals surface area contributed by atoms with E-state index in [2.05, 4.69) is 41.6 Å². The number of carbonyl (C=O) groups is 1. The van der Waals surface area contributed by atoms with Crippen LogP contribution in [0.3, 0.4) is 0 Å². The van der Waals surface area contributed by atoms with Crippen molar-refractivity contribution in [3.05, 3.63) is 29.8 Å². The lowest BCUT2D eigenvalue weighted by Crippen LogP contribution is -2.46. The van der Waals surface area contributed by atoms with Crippen molar-refractivity contribution in [2.45, 2.75) is 44.6 Å². The molecule has 2 rings (SSSR count). The molecule has 1 heterocycles. The average Bonchev–Trinajstić information content (AvgIpc) is 2.73. The maximum absolute atomic E-state index is 12.0. The van der Waals surface area contributed by atoms with Crippen LogP contribution in [0.25, 0.3) is 0 Å². The van der Waals surface area contributed by atoms with Crippen LogP contribution >= 0.6 is 24.0 Å². The Morgan fingerprint density at radius 2 is 2.07 bits per heavy atom. The van der Waals surface area contributed by atoms with Crippen LogP contribution in [0.2, 0.25) is 0 Å². The Hall–Kier alpha value is -1.55. The summed E-state index contributed by atoms with van der Waals surface area (Å²) in [5.74, 6) is 1.44. The van der Waals surface area contributed by atoms with Crippen molar-refractivity contribution in [1.82, 2.24) is 15.5 Å². The first-order valence-corrected chi connectivity index (χ1v) is 10.3. The summed E-state index contributed by atoms with van der Waals surface area (Å²) in [6, 6.07) is 8.09. The van der Waals surface area contributed by atoms with Crippen molar-refractivity contribution in [2.24, 2.45) is 4.99 Å². The standard InChI is InChI=1S/C22H36N4O3.HI/c1-22(2,17-9-8-11-18(13-17)28-5)16-25-21(24-15-20(27)26(3)4)23-14-19-10-6-7-12-29-19;/h8-9,11,13,19H,6-7,10,12,14-16H2,1-5H3,(H2,23,24,25);1H. The number of benzene rings is 1. The van der Waals surface area contributed by atoms with Gasteiger partial charge in [0, 0.05) is 39.2 Å². The van der Waals surface area contributed by atoms with E-state index in [1.54, 1.807) is 26.1 Å². The van der Waals surface area contributed by atoms with Crippen molar-refractivity contribution >= 4 is 35.8 Å². The Balaban J connectivity index is 0.00000450. The van der Waals surface area contributed by atoms with Gasteiger partial charge in [0.2, 0.25) is 5.91 Å². The van der Waals surface area contributed by atoms with Crippen LogP contribution in [0.15, 0.2) is 29.3 Å². The molecule has 1 fully saturated rings. The normalized spacial score (nSPS) is 17.0. The smallest absolute Gasteiger partial charge is 0.243 e. The van der Waals surface area contributed by atoms with Gasteiger partial charge in [-0.15, -0.1) is 24.0 Å². The summed E-state index contributed by atoms with van der Waals surface area (Å²) in [4.78, 5) is 18.0. The highest BCUT2D eigenvalue weighted by atomic mass is 127. The molecule has 1 unspecified atom stereocenters. The highest BCUT2D eigenvalue weighted by Crippen LogP contribution is 2.25. The van der Waals surface area contributed by atoms with Crippen LogP contribution in [-0.4, -0.2) is 70.3 Å². The van der Waals surface area contributed by atoms with E-state index in [0.717, 1.165) is 25.2 Å². The summed E-state index contributed by atoms with van der Waals surface area (Å²) >= 11 is 0. The second-order valence-electron chi connectivity index (χ2n) is 8.29.